The quantitative estimate of drug-likeness (QED) is 0.336. The molecule has 0 radical (unpaired) electrons. The summed E-state index contributed by atoms with van der Waals surface area (Å²) < 4.78 is 29.0. The van der Waals surface area contributed by atoms with Crippen LogP contribution >= 0.6 is 0 Å². The molecule has 6 atom stereocenters. The first-order valence-corrected chi connectivity index (χ1v) is 14.8. The van der Waals surface area contributed by atoms with E-state index in [-0.39, 0.29) is 36.3 Å². The summed E-state index contributed by atoms with van der Waals surface area (Å²) in [7, 11) is 1.33. The van der Waals surface area contributed by atoms with Gasteiger partial charge in [-0.1, -0.05) is 0 Å². The normalized spacial score (nSPS) is 27.8. The van der Waals surface area contributed by atoms with Crippen molar-refractivity contribution < 1.29 is 33.0 Å². The van der Waals surface area contributed by atoms with Crippen LogP contribution in [0.5, 0.6) is 0 Å². The van der Waals surface area contributed by atoms with Gasteiger partial charge in [-0.05, 0) is 93.2 Å². The minimum atomic E-state index is -0.658. The average Bonchev–Trinajstić information content (AvgIpc) is 3.64. The molecule has 1 amide bonds. The number of hydrogen-bond acceptors (Lipinski definition) is 10. The van der Waals surface area contributed by atoms with Crippen LogP contribution in [0.2, 0.25) is 0 Å². The van der Waals surface area contributed by atoms with E-state index in [4.69, 9.17) is 14.2 Å². The molecule has 0 spiro atoms. The topological polar surface area (TPSA) is 129 Å². The Morgan fingerprint density at radius 2 is 1.64 bits per heavy atom. The van der Waals surface area contributed by atoms with E-state index in [2.05, 4.69) is 20.3 Å². The van der Waals surface area contributed by atoms with Crippen LogP contribution in [0.15, 0.2) is 24.3 Å². The molecule has 2 aromatic rings. The van der Waals surface area contributed by atoms with Crippen LogP contribution in [0.1, 0.15) is 52.0 Å². The van der Waals surface area contributed by atoms with Crippen molar-refractivity contribution in [1.29, 1.82) is 0 Å². The number of hydrogen-bond donors (Lipinski definition) is 0. The number of ether oxygens (including phenoxy) is 3. The van der Waals surface area contributed by atoms with E-state index >= 15 is 0 Å². The lowest BCUT2D eigenvalue weighted by molar-refractivity contribution is -0.153. The molecule has 228 valence electrons. The lowest BCUT2D eigenvalue weighted by Crippen LogP contribution is -2.55. The van der Waals surface area contributed by atoms with Crippen LogP contribution in [0.25, 0.3) is 11.4 Å². The van der Waals surface area contributed by atoms with Gasteiger partial charge in [-0.3, -0.25) is 14.6 Å². The van der Waals surface area contributed by atoms with Crippen LogP contribution in [0, 0.1) is 23.6 Å². The molecule has 42 heavy (non-hydrogen) atoms. The van der Waals surface area contributed by atoms with Crippen molar-refractivity contribution in [1.82, 2.24) is 30.0 Å². The predicted octanol–water partition coefficient (Wildman–Crippen LogP) is 3.09. The van der Waals surface area contributed by atoms with Crippen LogP contribution < -0.4 is 0 Å². The smallest absolute Gasteiger partial charge is 0.410 e. The lowest BCUT2D eigenvalue weighted by atomic mass is 9.69. The number of halogens is 1. The first kappa shape index (κ1) is 29.9. The van der Waals surface area contributed by atoms with Crippen molar-refractivity contribution in [2.45, 2.75) is 64.1 Å². The highest BCUT2D eigenvalue weighted by molar-refractivity contribution is 5.81. The number of likely N-dealkylation sites (tertiary alicyclic amines) is 2. The number of benzene rings is 1. The number of fused-ring (bicyclic) bond motifs is 1. The van der Waals surface area contributed by atoms with Crippen molar-refractivity contribution in [3.8, 4) is 11.4 Å². The molecule has 0 bridgehead atoms. The third-order valence-electron chi connectivity index (χ3n) is 8.84. The average molecular weight is 587 g/mol. The zero-order valence-electron chi connectivity index (χ0n) is 24.4. The monoisotopic (exact) mass is 586 g/mol. The van der Waals surface area contributed by atoms with Gasteiger partial charge in [0, 0.05) is 25.2 Å². The van der Waals surface area contributed by atoms with Gasteiger partial charge in [-0.2, -0.15) is 4.80 Å². The van der Waals surface area contributed by atoms with Crippen LogP contribution in [0.3, 0.4) is 0 Å². The number of methoxy groups -OCH3 is 1. The summed E-state index contributed by atoms with van der Waals surface area (Å²) in [5.74, 6) is 0.252. The molecule has 1 aromatic heterocycles. The van der Waals surface area contributed by atoms with E-state index in [0.717, 1.165) is 19.3 Å². The lowest BCUT2D eigenvalue weighted by Gasteiger charge is -2.46. The summed E-state index contributed by atoms with van der Waals surface area (Å²) in [5.41, 5.74) is 0.663. The largest absolute Gasteiger partial charge is 0.465 e. The standard InChI is InChI=1S/C29H39FN6O6/c1-4-41-27(37)24-14-23(36-32-26(31-33-36)19-8-10-22(30)11-9-19)17-34(24)15-18-6-7-20-16-35(29(39)40-3)25(13-21(20)12-18)28(38)42-5-2/h8-11,18,20-21,23-25H,4-7,12-17H2,1-3H3. The van der Waals surface area contributed by atoms with Crippen molar-refractivity contribution in [3.63, 3.8) is 0 Å². The van der Waals surface area contributed by atoms with Gasteiger partial charge in [-0.25, -0.2) is 14.0 Å². The Bertz CT molecular complexity index is 1260. The Balaban J connectivity index is 1.27. The van der Waals surface area contributed by atoms with E-state index in [1.54, 1.807) is 30.8 Å². The van der Waals surface area contributed by atoms with Gasteiger partial charge in [0.15, 0.2) is 0 Å². The Morgan fingerprint density at radius 3 is 2.33 bits per heavy atom. The molecule has 2 saturated heterocycles. The van der Waals surface area contributed by atoms with Gasteiger partial charge in [0.25, 0.3) is 0 Å². The molecule has 1 aromatic carbocycles. The van der Waals surface area contributed by atoms with Crippen molar-refractivity contribution in [2.24, 2.45) is 17.8 Å². The molecule has 2 aliphatic heterocycles. The number of tetrazole rings is 1. The fraction of sp³-hybridized carbons (Fsp3) is 0.655. The molecular formula is C29H39FN6O6. The minimum absolute atomic E-state index is 0.172. The van der Waals surface area contributed by atoms with E-state index in [1.165, 1.54) is 24.1 Å². The summed E-state index contributed by atoms with van der Waals surface area (Å²) in [6.45, 7) is 5.83. The number of aromatic nitrogens is 4. The number of rotatable bonds is 8. The molecular weight excluding hydrogens is 547 g/mol. The maximum absolute atomic E-state index is 13.4. The molecule has 3 fully saturated rings. The van der Waals surface area contributed by atoms with E-state index in [1.807, 2.05) is 0 Å². The third-order valence-corrected chi connectivity index (χ3v) is 8.84. The Morgan fingerprint density at radius 1 is 0.929 bits per heavy atom. The predicted molar refractivity (Wildman–Crippen MR) is 147 cm³/mol. The third kappa shape index (κ3) is 6.40. The highest BCUT2D eigenvalue weighted by atomic mass is 19.1. The van der Waals surface area contributed by atoms with Crippen LogP contribution in [0.4, 0.5) is 9.18 Å². The zero-order chi connectivity index (χ0) is 29.8. The number of carbonyl (C=O) groups excluding carboxylic acids is 3. The summed E-state index contributed by atoms with van der Waals surface area (Å²) in [4.78, 5) is 43.5. The highest BCUT2D eigenvalue weighted by Crippen LogP contribution is 2.42. The first-order chi connectivity index (χ1) is 20.3. The van der Waals surface area contributed by atoms with Crippen molar-refractivity contribution in [2.75, 3.05) is 40.0 Å². The molecule has 1 saturated carbocycles. The van der Waals surface area contributed by atoms with Gasteiger partial charge in [0.2, 0.25) is 5.82 Å². The van der Waals surface area contributed by atoms with E-state index < -0.39 is 24.1 Å². The number of piperidine rings is 1. The molecule has 6 unspecified atom stereocenters. The van der Waals surface area contributed by atoms with Crippen molar-refractivity contribution in [3.05, 3.63) is 30.1 Å². The molecule has 13 heteroatoms. The number of nitrogens with zero attached hydrogens (tertiary/aromatic N) is 6. The van der Waals surface area contributed by atoms with Gasteiger partial charge in [0.05, 0.1) is 26.4 Å². The molecule has 12 nitrogen and oxygen atoms in total. The fourth-order valence-electron chi connectivity index (χ4n) is 6.85. The Hall–Kier alpha value is -3.61. The first-order valence-electron chi connectivity index (χ1n) is 14.8. The molecule has 3 heterocycles. The van der Waals surface area contributed by atoms with E-state index in [0.29, 0.717) is 56.4 Å². The molecule has 5 rings (SSSR count). The number of esters is 2. The van der Waals surface area contributed by atoms with Crippen LogP contribution in [-0.4, -0.2) is 100 Å². The number of carbonyl (C=O) groups is 3. The SMILES string of the molecule is CCOC(=O)C1CC(n2nnc(-c3ccc(F)cc3)n2)CN1CC1CCC2CN(C(=O)OC)C(C(=O)OCC)CC2C1. The molecule has 1 aliphatic carbocycles. The maximum atomic E-state index is 13.4. The second-order valence-corrected chi connectivity index (χ2v) is 11.4. The Kier molecular flexibility index (Phi) is 9.34. The Labute approximate surface area is 244 Å². The summed E-state index contributed by atoms with van der Waals surface area (Å²) in [6.07, 6.45) is 3.30. The summed E-state index contributed by atoms with van der Waals surface area (Å²) >= 11 is 0. The summed E-state index contributed by atoms with van der Waals surface area (Å²) in [6, 6.07) is 4.67. The second-order valence-electron chi connectivity index (χ2n) is 11.4. The minimum Gasteiger partial charge on any atom is -0.465 e. The van der Waals surface area contributed by atoms with E-state index in [9.17, 15) is 18.8 Å². The van der Waals surface area contributed by atoms with Crippen molar-refractivity contribution >= 4 is 18.0 Å². The fourth-order valence-corrected chi connectivity index (χ4v) is 6.85. The number of amides is 1. The van der Waals surface area contributed by atoms with Gasteiger partial charge >= 0.3 is 18.0 Å². The maximum Gasteiger partial charge on any atom is 0.410 e. The van der Waals surface area contributed by atoms with Crippen LogP contribution in [-0.2, 0) is 23.8 Å². The van der Waals surface area contributed by atoms with Gasteiger partial charge in [-0.15, -0.1) is 10.2 Å². The zero-order valence-corrected chi connectivity index (χ0v) is 24.4. The van der Waals surface area contributed by atoms with Gasteiger partial charge in [0.1, 0.15) is 17.9 Å². The van der Waals surface area contributed by atoms with Gasteiger partial charge < -0.3 is 14.2 Å². The molecule has 0 N–H and O–H groups in total. The highest BCUT2D eigenvalue weighted by Gasteiger charge is 2.46. The molecule has 3 aliphatic rings. The second kappa shape index (κ2) is 13.1. The summed E-state index contributed by atoms with van der Waals surface area (Å²) in [5, 5.41) is 13.0.